The molecule has 0 atom stereocenters. The van der Waals surface area contributed by atoms with Gasteiger partial charge in [-0.2, -0.15) is 0 Å². The second-order valence-corrected chi connectivity index (χ2v) is 4.23. The molecule has 4 N–H and O–H groups in total. The summed E-state index contributed by atoms with van der Waals surface area (Å²) in [5.74, 6) is 0.449. The van der Waals surface area contributed by atoms with Crippen molar-refractivity contribution >= 4 is 5.82 Å². The lowest BCUT2D eigenvalue weighted by Gasteiger charge is -2.33. The van der Waals surface area contributed by atoms with E-state index in [1.54, 1.807) is 6.20 Å². The summed E-state index contributed by atoms with van der Waals surface area (Å²) in [5.41, 5.74) is 6.83. The zero-order valence-electron chi connectivity index (χ0n) is 8.95. The number of anilines is 1. The van der Waals surface area contributed by atoms with E-state index >= 15 is 0 Å². The van der Waals surface area contributed by atoms with E-state index in [9.17, 15) is 5.11 Å². The van der Waals surface area contributed by atoms with Crippen LogP contribution in [0.4, 0.5) is 5.82 Å². The van der Waals surface area contributed by atoms with Gasteiger partial charge in [-0.3, -0.25) is 0 Å². The molecule has 82 valence electrons. The van der Waals surface area contributed by atoms with Crippen molar-refractivity contribution in [2.75, 3.05) is 18.8 Å². The number of nitrogens with zero attached hydrogens (tertiary/aromatic N) is 1. The molecule has 0 aromatic carbocycles. The number of hydrogen-bond donors (Lipinski definition) is 3. The Kier molecular flexibility index (Phi) is 2.63. The van der Waals surface area contributed by atoms with Gasteiger partial charge in [-0.15, -0.1) is 0 Å². The molecule has 0 unspecified atom stereocenters. The SMILES string of the molecule is Cc1cnc(N)c(C2(O)CCNCC2)c1. The van der Waals surface area contributed by atoms with Crippen LogP contribution >= 0.6 is 0 Å². The summed E-state index contributed by atoms with van der Waals surface area (Å²) >= 11 is 0. The van der Waals surface area contributed by atoms with Gasteiger partial charge in [-0.05, 0) is 44.5 Å². The number of hydrogen-bond acceptors (Lipinski definition) is 4. The maximum absolute atomic E-state index is 10.5. The normalized spacial score (nSPS) is 20.1. The molecule has 0 saturated carbocycles. The Morgan fingerprint density at radius 1 is 1.47 bits per heavy atom. The third-order valence-corrected chi connectivity index (χ3v) is 2.99. The van der Waals surface area contributed by atoms with Crippen LogP contribution in [0, 0.1) is 6.92 Å². The van der Waals surface area contributed by atoms with Crippen LogP contribution in [-0.2, 0) is 5.60 Å². The van der Waals surface area contributed by atoms with E-state index in [1.807, 2.05) is 13.0 Å². The van der Waals surface area contributed by atoms with Gasteiger partial charge in [0.05, 0.1) is 5.60 Å². The minimum atomic E-state index is -0.797. The number of nitrogens with one attached hydrogen (secondary N) is 1. The van der Waals surface area contributed by atoms with Crippen molar-refractivity contribution in [3.63, 3.8) is 0 Å². The fraction of sp³-hybridized carbons (Fsp3) is 0.545. The van der Waals surface area contributed by atoms with Crippen molar-refractivity contribution in [2.24, 2.45) is 0 Å². The van der Waals surface area contributed by atoms with E-state index in [4.69, 9.17) is 5.73 Å². The van der Waals surface area contributed by atoms with Gasteiger partial charge in [0.2, 0.25) is 0 Å². The lowest BCUT2D eigenvalue weighted by atomic mass is 9.85. The highest BCUT2D eigenvalue weighted by molar-refractivity contribution is 5.45. The molecule has 0 spiro atoms. The fourth-order valence-corrected chi connectivity index (χ4v) is 2.06. The molecule has 1 aliphatic heterocycles. The van der Waals surface area contributed by atoms with Crippen LogP contribution in [0.5, 0.6) is 0 Å². The number of nitrogen functional groups attached to an aromatic ring is 1. The number of aromatic nitrogens is 1. The molecule has 4 nitrogen and oxygen atoms in total. The summed E-state index contributed by atoms with van der Waals surface area (Å²) in [7, 11) is 0. The summed E-state index contributed by atoms with van der Waals surface area (Å²) in [6.45, 7) is 3.61. The summed E-state index contributed by atoms with van der Waals surface area (Å²) in [6, 6.07) is 1.94. The van der Waals surface area contributed by atoms with Crippen LogP contribution in [0.25, 0.3) is 0 Å². The van der Waals surface area contributed by atoms with E-state index in [1.165, 1.54) is 0 Å². The van der Waals surface area contributed by atoms with Gasteiger partial charge >= 0.3 is 0 Å². The third-order valence-electron chi connectivity index (χ3n) is 2.99. The molecular weight excluding hydrogens is 190 g/mol. The summed E-state index contributed by atoms with van der Waals surface area (Å²) in [4.78, 5) is 4.10. The fourth-order valence-electron chi connectivity index (χ4n) is 2.06. The van der Waals surface area contributed by atoms with Crippen molar-refractivity contribution < 1.29 is 5.11 Å². The topological polar surface area (TPSA) is 71.2 Å². The van der Waals surface area contributed by atoms with Crippen LogP contribution in [0.2, 0.25) is 0 Å². The second kappa shape index (κ2) is 3.79. The van der Waals surface area contributed by atoms with Crippen molar-refractivity contribution in [2.45, 2.75) is 25.4 Å². The van der Waals surface area contributed by atoms with Crippen molar-refractivity contribution in [3.8, 4) is 0 Å². The van der Waals surface area contributed by atoms with Gasteiger partial charge in [-0.25, -0.2) is 4.98 Å². The van der Waals surface area contributed by atoms with Gasteiger partial charge < -0.3 is 16.2 Å². The Bertz CT molecular complexity index is 359. The highest BCUT2D eigenvalue weighted by Gasteiger charge is 2.33. The van der Waals surface area contributed by atoms with Gasteiger partial charge in [0.25, 0.3) is 0 Å². The standard InChI is InChI=1S/C11H17N3O/c1-8-6-9(10(12)14-7-8)11(15)2-4-13-5-3-11/h6-7,13,15H,2-5H2,1H3,(H2,12,14). The van der Waals surface area contributed by atoms with Crippen LogP contribution in [0.15, 0.2) is 12.3 Å². The smallest absolute Gasteiger partial charge is 0.129 e. The highest BCUT2D eigenvalue weighted by atomic mass is 16.3. The molecule has 1 aliphatic rings. The zero-order chi connectivity index (χ0) is 10.9. The minimum Gasteiger partial charge on any atom is -0.385 e. The Labute approximate surface area is 89.5 Å². The molecule has 4 heteroatoms. The van der Waals surface area contributed by atoms with Crippen LogP contribution in [-0.4, -0.2) is 23.2 Å². The molecule has 0 amide bonds. The molecule has 0 aliphatic carbocycles. The Balaban J connectivity index is 2.38. The first kappa shape index (κ1) is 10.4. The molecule has 0 bridgehead atoms. The average molecular weight is 207 g/mol. The monoisotopic (exact) mass is 207 g/mol. The first-order valence-electron chi connectivity index (χ1n) is 5.27. The lowest BCUT2D eigenvalue weighted by molar-refractivity contribution is 0.00636. The van der Waals surface area contributed by atoms with Crippen molar-refractivity contribution in [1.82, 2.24) is 10.3 Å². The highest BCUT2D eigenvalue weighted by Crippen LogP contribution is 2.33. The molecule has 1 saturated heterocycles. The largest absolute Gasteiger partial charge is 0.385 e. The maximum Gasteiger partial charge on any atom is 0.129 e. The number of pyridine rings is 1. The van der Waals surface area contributed by atoms with E-state index in [-0.39, 0.29) is 0 Å². The predicted octanol–water partition coefficient (Wildman–Crippen LogP) is 0.543. The molecule has 15 heavy (non-hydrogen) atoms. The quantitative estimate of drug-likeness (QED) is 0.628. The number of nitrogens with two attached hydrogens (primary N) is 1. The molecule has 1 aromatic heterocycles. The molecule has 2 heterocycles. The Morgan fingerprint density at radius 2 is 2.13 bits per heavy atom. The van der Waals surface area contributed by atoms with Crippen LogP contribution < -0.4 is 11.1 Å². The van der Waals surface area contributed by atoms with Gasteiger partial charge in [-0.1, -0.05) is 0 Å². The van der Waals surface area contributed by atoms with E-state index in [2.05, 4.69) is 10.3 Å². The Hall–Kier alpha value is -1.13. The number of aliphatic hydroxyl groups is 1. The predicted molar refractivity (Wildman–Crippen MR) is 59.4 cm³/mol. The van der Waals surface area contributed by atoms with E-state index in [0.717, 1.165) is 24.2 Å². The van der Waals surface area contributed by atoms with Gasteiger partial charge in [0.15, 0.2) is 0 Å². The molecular formula is C11H17N3O. The van der Waals surface area contributed by atoms with Crippen LogP contribution in [0.1, 0.15) is 24.0 Å². The minimum absolute atomic E-state index is 0.449. The number of piperidine rings is 1. The average Bonchev–Trinajstić information content (AvgIpc) is 2.23. The number of rotatable bonds is 1. The summed E-state index contributed by atoms with van der Waals surface area (Å²) in [6.07, 6.45) is 3.12. The van der Waals surface area contributed by atoms with E-state index in [0.29, 0.717) is 18.7 Å². The molecule has 0 radical (unpaired) electrons. The third kappa shape index (κ3) is 1.96. The summed E-state index contributed by atoms with van der Waals surface area (Å²) in [5, 5.41) is 13.7. The van der Waals surface area contributed by atoms with Crippen molar-refractivity contribution in [1.29, 1.82) is 0 Å². The second-order valence-electron chi connectivity index (χ2n) is 4.23. The summed E-state index contributed by atoms with van der Waals surface area (Å²) < 4.78 is 0. The zero-order valence-corrected chi connectivity index (χ0v) is 8.95. The van der Waals surface area contributed by atoms with E-state index < -0.39 is 5.60 Å². The molecule has 1 fully saturated rings. The van der Waals surface area contributed by atoms with Gasteiger partial charge in [0, 0.05) is 11.8 Å². The first-order chi connectivity index (χ1) is 7.12. The molecule has 2 rings (SSSR count). The maximum atomic E-state index is 10.5. The first-order valence-corrected chi connectivity index (χ1v) is 5.27. The number of aryl methyl sites for hydroxylation is 1. The Morgan fingerprint density at radius 3 is 2.80 bits per heavy atom. The lowest BCUT2D eigenvalue weighted by Crippen LogP contribution is -2.40. The van der Waals surface area contributed by atoms with Gasteiger partial charge in [0.1, 0.15) is 5.82 Å². The van der Waals surface area contributed by atoms with Crippen LogP contribution in [0.3, 0.4) is 0 Å². The molecule has 1 aromatic rings. The van der Waals surface area contributed by atoms with Crippen molar-refractivity contribution in [3.05, 3.63) is 23.4 Å².